The first-order chi connectivity index (χ1) is 15.7. The number of allylic oxidation sites excluding steroid dienone is 2. The number of fused-ring (bicyclic) bond motifs is 5. The maximum absolute atomic E-state index is 12.8. The highest BCUT2D eigenvalue weighted by atomic mass is 127. The Kier molecular flexibility index (Phi) is 7.61. The van der Waals surface area contributed by atoms with Crippen LogP contribution >= 0.6 is 24.0 Å². The van der Waals surface area contributed by atoms with Crippen LogP contribution in [0.3, 0.4) is 0 Å². The van der Waals surface area contributed by atoms with E-state index < -0.39 is 0 Å². The Morgan fingerprint density at radius 2 is 1.79 bits per heavy atom. The molecule has 8 heteroatoms. The summed E-state index contributed by atoms with van der Waals surface area (Å²) in [6, 6.07) is 8.05. The van der Waals surface area contributed by atoms with Crippen LogP contribution in [0.1, 0.15) is 38.2 Å². The Morgan fingerprint density at radius 3 is 2.42 bits per heavy atom. The lowest BCUT2D eigenvalue weighted by molar-refractivity contribution is -0.140. The number of amides is 2. The minimum Gasteiger partial charge on any atom is -0.490 e. The number of imide groups is 1. The molecule has 2 amide bonds. The van der Waals surface area contributed by atoms with Gasteiger partial charge in [-0.1, -0.05) is 30.4 Å². The number of ether oxygens (including phenoxy) is 1. The number of carbonyl (C=O) groups is 2. The fourth-order valence-electron chi connectivity index (χ4n) is 5.39. The average Bonchev–Trinajstić information content (AvgIpc) is 3.45. The number of hydrogen-bond donors (Lipinski definition) is 2. The molecular weight excluding hydrogens is 531 g/mol. The van der Waals surface area contributed by atoms with Gasteiger partial charge in [0.1, 0.15) is 5.75 Å². The van der Waals surface area contributed by atoms with Crippen LogP contribution in [0.25, 0.3) is 0 Å². The molecule has 178 valence electrons. The molecule has 1 aromatic rings. The van der Waals surface area contributed by atoms with Gasteiger partial charge in [-0.25, -0.2) is 4.99 Å². The molecular formula is C25H33IN4O3. The summed E-state index contributed by atoms with van der Waals surface area (Å²) in [5.41, 5.74) is 1.05. The van der Waals surface area contributed by atoms with Crippen molar-refractivity contribution >= 4 is 41.8 Å². The van der Waals surface area contributed by atoms with Gasteiger partial charge >= 0.3 is 0 Å². The monoisotopic (exact) mass is 564 g/mol. The highest BCUT2D eigenvalue weighted by Crippen LogP contribution is 2.52. The summed E-state index contributed by atoms with van der Waals surface area (Å²) in [7, 11) is 0. The van der Waals surface area contributed by atoms with Gasteiger partial charge in [-0.3, -0.25) is 14.5 Å². The number of carbonyl (C=O) groups excluding carboxylic acids is 2. The minimum atomic E-state index is -0.133. The van der Waals surface area contributed by atoms with Crippen molar-refractivity contribution in [3.63, 3.8) is 0 Å². The van der Waals surface area contributed by atoms with E-state index >= 15 is 0 Å². The number of benzene rings is 1. The molecule has 0 aromatic heterocycles. The summed E-state index contributed by atoms with van der Waals surface area (Å²) in [5, 5.41) is 6.53. The summed E-state index contributed by atoms with van der Waals surface area (Å²) < 4.78 is 6.11. The van der Waals surface area contributed by atoms with E-state index in [1.807, 2.05) is 31.2 Å². The molecule has 0 spiro atoms. The minimum absolute atomic E-state index is 0. The lowest BCUT2D eigenvalue weighted by Crippen LogP contribution is -2.43. The molecule has 3 aliphatic carbocycles. The van der Waals surface area contributed by atoms with E-state index in [0.717, 1.165) is 37.1 Å². The quantitative estimate of drug-likeness (QED) is 0.167. The van der Waals surface area contributed by atoms with E-state index in [4.69, 9.17) is 9.73 Å². The third kappa shape index (κ3) is 4.76. The Hall–Kier alpha value is -2.10. The van der Waals surface area contributed by atoms with Gasteiger partial charge in [0.2, 0.25) is 11.8 Å². The van der Waals surface area contributed by atoms with Crippen molar-refractivity contribution in [2.45, 2.75) is 45.3 Å². The van der Waals surface area contributed by atoms with Crippen LogP contribution in [-0.2, 0) is 16.1 Å². The summed E-state index contributed by atoms with van der Waals surface area (Å²) in [6.07, 6.45) is 9.02. The van der Waals surface area contributed by atoms with E-state index in [9.17, 15) is 9.59 Å². The first-order valence-electron chi connectivity index (χ1n) is 12.0. The number of nitrogens with zero attached hydrogens (tertiary/aromatic N) is 2. The number of para-hydroxylation sites is 1. The number of guanidine groups is 1. The van der Waals surface area contributed by atoms with Gasteiger partial charge in [0.25, 0.3) is 0 Å². The third-order valence-corrected chi connectivity index (χ3v) is 7.26. The molecule has 2 N–H and O–H groups in total. The summed E-state index contributed by atoms with van der Waals surface area (Å²) in [5.74, 6) is 1.82. The summed E-state index contributed by atoms with van der Waals surface area (Å²) >= 11 is 0. The molecule has 2 bridgehead atoms. The zero-order valence-electron chi connectivity index (χ0n) is 19.0. The molecule has 1 aliphatic heterocycles. The number of halogens is 1. The van der Waals surface area contributed by atoms with Crippen LogP contribution in [0.5, 0.6) is 5.75 Å². The van der Waals surface area contributed by atoms with Crippen molar-refractivity contribution in [2.24, 2.45) is 28.7 Å². The number of nitrogens with one attached hydrogen (secondary N) is 2. The molecule has 4 unspecified atom stereocenters. The van der Waals surface area contributed by atoms with Crippen LogP contribution in [-0.4, -0.2) is 48.4 Å². The van der Waals surface area contributed by atoms with Gasteiger partial charge in [-0.2, -0.15) is 0 Å². The largest absolute Gasteiger partial charge is 0.490 e. The first-order valence-corrected chi connectivity index (χ1v) is 12.0. The highest BCUT2D eigenvalue weighted by Gasteiger charge is 2.58. The molecule has 1 heterocycles. The molecule has 2 saturated carbocycles. The fraction of sp³-hybridized carbons (Fsp3) is 0.560. The van der Waals surface area contributed by atoms with E-state index in [0.29, 0.717) is 31.7 Å². The molecule has 7 nitrogen and oxygen atoms in total. The lowest BCUT2D eigenvalue weighted by atomic mass is 9.85. The third-order valence-electron chi connectivity index (χ3n) is 7.26. The topological polar surface area (TPSA) is 83.0 Å². The predicted octanol–water partition coefficient (Wildman–Crippen LogP) is 3.10. The zero-order valence-corrected chi connectivity index (χ0v) is 21.4. The molecule has 1 aromatic carbocycles. The molecule has 4 aliphatic rings. The van der Waals surface area contributed by atoms with E-state index in [-0.39, 0.29) is 59.5 Å². The van der Waals surface area contributed by atoms with Crippen LogP contribution in [0.2, 0.25) is 0 Å². The maximum Gasteiger partial charge on any atom is 0.233 e. The number of likely N-dealkylation sites (tertiary alicyclic amines) is 1. The van der Waals surface area contributed by atoms with Crippen molar-refractivity contribution < 1.29 is 14.3 Å². The molecule has 0 radical (unpaired) electrons. The predicted molar refractivity (Wildman–Crippen MR) is 137 cm³/mol. The van der Waals surface area contributed by atoms with Gasteiger partial charge in [0.15, 0.2) is 5.96 Å². The van der Waals surface area contributed by atoms with Crippen LogP contribution in [0.15, 0.2) is 41.4 Å². The van der Waals surface area contributed by atoms with Crippen molar-refractivity contribution in [3.05, 3.63) is 42.0 Å². The second-order valence-corrected chi connectivity index (χ2v) is 9.23. The smallest absolute Gasteiger partial charge is 0.233 e. The van der Waals surface area contributed by atoms with Crippen LogP contribution < -0.4 is 15.4 Å². The molecule has 3 fully saturated rings. The zero-order chi connectivity index (χ0) is 22.1. The van der Waals surface area contributed by atoms with Crippen LogP contribution in [0.4, 0.5) is 0 Å². The summed E-state index contributed by atoms with van der Waals surface area (Å²) in [4.78, 5) is 31.8. The van der Waals surface area contributed by atoms with E-state index in [2.05, 4.69) is 22.8 Å². The second kappa shape index (κ2) is 10.4. The Bertz CT molecular complexity index is 915. The van der Waals surface area contributed by atoms with Gasteiger partial charge in [-0.05, 0) is 50.5 Å². The first kappa shape index (κ1) is 24.0. The van der Waals surface area contributed by atoms with Crippen molar-refractivity contribution in [3.8, 4) is 5.75 Å². The van der Waals surface area contributed by atoms with Gasteiger partial charge < -0.3 is 15.4 Å². The van der Waals surface area contributed by atoms with Crippen molar-refractivity contribution in [1.82, 2.24) is 15.5 Å². The SMILES string of the molecule is CCNC(=NCc1ccccc1OC1CCC1)NCCN1C(=O)C2C3C=CC(C3)C2C1=O.I. The lowest BCUT2D eigenvalue weighted by Gasteiger charge is -2.27. The average molecular weight is 564 g/mol. The van der Waals surface area contributed by atoms with Gasteiger partial charge in [0.05, 0.1) is 24.5 Å². The normalized spacial score (nSPS) is 27.9. The number of hydrogen-bond acceptors (Lipinski definition) is 4. The second-order valence-electron chi connectivity index (χ2n) is 9.23. The molecule has 4 atom stereocenters. The highest BCUT2D eigenvalue weighted by molar-refractivity contribution is 14.0. The van der Waals surface area contributed by atoms with E-state index in [1.54, 1.807) is 0 Å². The molecule has 5 rings (SSSR count). The number of rotatable bonds is 8. The summed E-state index contributed by atoms with van der Waals surface area (Å²) in [6.45, 7) is 4.09. The Balaban J connectivity index is 0.00000259. The molecule has 1 saturated heterocycles. The van der Waals surface area contributed by atoms with Crippen molar-refractivity contribution in [1.29, 1.82) is 0 Å². The van der Waals surface area contributed by atoms with Gasteiger partial charge in [-0.15, -0.1) is 24.0 Å². The van der Waals surface area contributed by atoms with Crippen LogP contribution in [0, 0.1) is 23.7 Å². The number of aliphatic imine (C=N–C) groups is 1. The van der Waals surface area contributed by atoms with E-state index in [1.165, 1.54) is 11.3 Å². The van der Waals surface area contributed by atoms with Gasteiger partial charge in [0, 0.05) is 25.2 Å². The Morgan fingerprint density at radius 1 is 1.09 bits per heavy atom. The fourth-order valence-corrected chi connectivity index (χ4v) is 5.39. The molecule has 33 heavy (non-hydrogen) atoms. The van der Waals surface area contributed by atoms with Crippen molar-refractivity contribution in [2.75, 3.05) is 19.6 Å². The Labute approximate surface area is 212 Å². The standard InChI is InChI=1S/C25H32N4O3.HI/c1-2-26-25(28-15-18-6-3-4-9-20(18)32-19-7-5-8-19)27-12-13-29-23(30)21-16-10-11-17(14-16)22(21)24(29)31;/h3-4,6,9-11,16-17,19,21-22H,2,5,7-8,12-15H2,1H3,(H2,26,27,28);1H. The maximum atomic E-state index is 12.8.